The van der Waals surface area contributed by atoms with Crippen LogP contribution in [0.3, 0.4) is 0 Å². The summed E-state index contributed by atoms with van der Waals surface area (Å²) in [5.41, 5.74) is 4.11. The van der Waals surface area contributed by atoms with Crippen LogP contribution in [0.25, 0.3) is 27.9 Å². The minimum absolute atomic E-state index is 0.202. The monoisotopic (exact) mass is 541 g/mol. The normalized spacial score (nSPS) is 13.5. The van der Waals surface area contributed by atoms with Gasteiger partial charge in [0.15, 0.2) is 5.76 Å². The van der Waals surface area contributed by atoms with Gasteiger partial charge in [-0.2, -0.15) is 0 Å². The fourth-order valence-corrected chi connectivity index (χ4v) is 5.03. The Labute approximate surface area is 234 Å². The lowest BCUT2D eigenvalue weighted by Gasteiger charge is -2.07. The van der Waals surface area contributed by atoms with Gasteiger partial charge < -0.3 is 23.6 Å². The maximum absolute atomic E-state index is 13.3. The lowest BCUT2D eigenvalue weighted by atomic mass is 10.1. The number of ether oxygens (including phenoxy) is 3. The van der Waals surface area contributed by atoms with Crippen LogP contribution in [-0.4, -0.2) is 16.7 Å². The van der Waals surface area contributed by atoms with E-state index in [2.05, 4.69) is 4.98 Å². The van der Waals surface area contributed by atoms with E-state index in [1.165, 1.54) is 0 Å². The number of hydrogen-bond acceptors (Lipinski definition) is 6. The Kier molecular flexibility index (Phi) is 5.90. The van der Waals surface area contributed by atoms with Gasteiger partial charge in [-0.3, -0.25) is 4.79 Å². The molecule has 1 N–H and O–H groups in total. The zero-order chi connectivity index (χ0) is 27.9. The Hall–Kier alpha value is -5.56. The first-order chi connectivity index (χ1) is 20.0. The number of rotatable bonds is 6. The molecule has 2 aromatic heterocycles. The Morgan fingerprint density at radius 1 is 0.902 bits per heavy atom. The van der Waals surface area contributed by atoms with E-state index >= 15 is 0 Å². The average molecular weight is 542 g/mol. The van der Waals surface area contributed by atoms with Crippen molar-refractivity contribution in [1.29, 1.82) is 0 Å². The number of nitrogens with one attached hydrogen (secondary N) is 1. The first kappa shape index (κ1) is 24.5. The fourth-order valence-electron chi connectivity index (χ4n) is 5.03. The van der Waals surface area contributed by atoms with Crippen molar-refractivity contribution in [3.05, 3.63) is 131 Å². The van der Waals surface area contributed by atoms with Gasteiger partial charge in [-0.05, 0) is 55.0 Å². The van der Waals surface area contributed by atoms with Crippen LogP contribution in [0.4, 0.5) is 0 Å². The number of esters is 1. The van der Waals surface area contributed by atoms with Gasteiger partial charge in [0.1, 0.15) is 40.8 Å². The lowest BCUT2D eigenvalue weighted by Crippen LogP contribution is -2.09. The molecule has 0 spiro atoms. The van der Waals surface area contributed by atoms with E-state index < -0.39 is 5.97 Å². The molecular formula is C34H23NO6. The van der Waals surface area contributed by atoms with Crippen LogP contribution in [0.2, 0.25) is 0 Å². The quantitative estimate of drug-likeness (QED) is 0.132. The molecule has 7 heteroatoms. The highest BCUT2D eigenvalue weighted by molar-refractivity contribution is 6.15. The van der Waals surface area contributed by atoms with Crippen molar-refractivity contribution in [1.82, 2.24) is 4.98 Å². The summed E-state index contributed by atoms with van der Waals surface area (Å²) in [6.07, 6.45) is 3.55. The number of carbonyl (C=O) groups excluding carboxylic acids is 2. The third-order valence-corrected chi connectivity index (χ3v) is 7.05. The number of Topliss-reactive ketones (excluding diaryl/α,β-unsaturated/α-hetero) is 1. The van der Waals surface area contributed by atoms with Gasteiger partial charge >= 0.3 is 5.97 Å². The van der Waals surface area contributed by atoms with E-state index in [9.17, 15) is 9.59 Å². The van der Waals surface area contributed by atoms with Crippen molar-refractivity contribution >= 4 is 39.7 Å². The summed E-state index contributed by atoms with van der Waals surface area (Å²) in [6.45, 7) is 2.11. The summed E-state index contributed by atoms with van der Waals surface area (Å²) in [5, 5.41) is 1.58. The third-order valence-electron chi connectivity index (χ3n) is 7.05. The number of allylic oxidation sites excluding steroid dienone is 1. The number of aryl methyl sites for hydroxylation is 1. The molecule has 0 unspecified atom stereocenters. The second kappa shape index (κ2) is 9.88. The van der Waals surface area contributed by atoms with Crippen LogP contribution in [0.5, 0.6) is 17.2 Å². The van der Waals surface area contributed by atoms with Crippen molar-refractivity contribution in [2.45, 2.75) is 13.5 Å². The number of aromatic amines is 1. The molecule has 0 aliphatic carbocycles. The Bertz CT molecular complexity index is 2000. The smallest absolute Gasteiger partial charge is 0.347 e. The molecule has 0 saturated carbocycles. The minimum Gasteiger partial charge on any atom is -0.489 e. The highest BCUT2D eigenvalue weighted by atomic mass is 16.5. The van der Waals surface area contributed by atoms with Crippen LogP contribution in [-0.2, 0) is 6.61 Å². The predicted molar refractivity (Wildman–Crippen MR) is 154 cm³/mol. The number of furan rings is 1. The summed E-state index contributed by atoms with van der Waals surface area (Å²) in [4.78, 5) is 29.5. The molecule has 0 amide bonds. The van der Waals surface area contributed by atoms with Crippen LogP contribution in [0.1, 0.15) is 37.6 Å². The van der Waals surface area contributed by atoms with Gasteiger partial charge in [0, 0.05) is 34.1 Å². The standard InChI is InChI=1S/C34H23NO6/c1-20-32(27-16-23(12-14-29(27)39-20)38-19-21-7-3-2-4-8-21)34(37)40-24-11-13-26-30(17-24)41-31(33(26)36)15-22-18-35-28-10-6-5-9-25(22)28/h2-18,35H,19H2,1H3. The molecule has 0 bridgehead atoms. The maximum Gasteiger partial charge on any atom is 0.347 e. The molecule has 41 heavy (non-hydrogen) atoms. The van der Waals surface area contributed by atoms with E-state index in [4.69, 9.17) is 18.6 Å². The molecule has 200 valence electrons. The second-order valence-corrected chi connectivity index (χ2v) is 9.74. The molecule has 3 heterocycles. The zero-order valence-electron chi connectivity index (χ0n) is 22.0. The molecule has 7 rings (SSSR count). The van der Waals surface area contributed by atoms with Crippen molar-refractivity contribution < 1.29 is 28.2 Å². The second-order valence-electron chi connectivity index (χ2n) is 9.74. The van der Waals surface area contributed by atoms with Gasteiger partial charge in [0.05, 0.1) is 5.56 Å². The number of carbonyl (C=O) groups is 2. The van der Waals surface area contributed by atoms with E-state index in [0.29, 0.717) is 46.0 Å². The molecule has 4 aromatic carbocycles. The van der Waals surface area contributed by atoms with Gasteiger partial charge in [0.25, 0.3) is 0 Å². The van der Waals surface area contributed by atoms with Crippen molar-refractivity contribution in [2.75, 3.05) is 0 Å². The summed E-state index contributed by atoms with van der Waals surface area (Å²) in [5.74, 6) is 1.00. The minimum atomic E-state index is -0.583. The number of para-hydroxylation sites is 1. The summed E-state index contributed by atoms with van der Waals surface area (Å²) in [7, 11) is 0. The molecule has 0 fully saturated rings. The van der Waals surface area contributed by atoms with Crippen molar-refractivity contribution in [3.8, 4) is 17.2 Å². The molecule has 6 aromatic rings. The SMILES string of the molecule is Cc1oc2ccc(OCc3ccccc3)cc2c1C(=O)Oc1ccc2c(c1)OC(=Cc1c[nH]c3ccccc13)C2=O. The largest absolute Gasteiger partial charge is 0.489 e. The van der Waals surface area contributed by atoms with Crippen molar-refractivity contribution in [3.63, 3.8) is 0 Å². The fraction of sp³-hybridized carbons (Fsp3) is 0.0588. The molecule has 1 aliphatic heterocycles. The topological polar surface area (TPSA) is 90.8 Å². The number of benzene rings is 4. The van der Waals surface area contributed by atoms with E-state index in [1.54, 1.807) is 49.4 Å². The van der Waals surface area contributed by atoms with Gasteiger partial charge in [-0.1, -0.05) is 48.5 Å². The van der Waals surface area contributed by atoms with Crippen LogP contribution >= 0.6 is 0 Å². The van der Waals surface area contributed by atoms with Crippen LogP contribution in [0.15, 0.2) is 107 Å². The Morgan fingerprint density at radius 3 is 2.59 bits per heavy atom. The number of aromatic nitrogens is 1. The Balaban J connectivity index is 1.12. The average Bonchev–Trinajstić information content (AvgIpc) is 3.65. The molecule has 0 radical (unpaired) electrons. The number of hydrogen-bond donors (Lipinski definition) is 1. The van der Waals surface area contributed by atoms with E-state index in [1.807, 2.05) is 60.8 Å². The number of ketones is 1. The van der Waals surface area contributed by atoms with Gasteiger partial charge in [-0.25, -0.2) is 4.79 Å². The zero-order valence-corrected chi connectivity index (χ0v) is 22.0. The molecule has 0 saturated heterocycles. The summed E-state index contributed by atoms with van der Waals surface area (Å²) < 4.78 is 23.4. The van der Waals surface area contributed by atoms with E-state index in [0.717, 1.165) is 22.0 Å². The molecule has 1 aliphatic rings. The summed E-state index contributed by atoms with van der Waals surface area (Å²) in [6, 6.07) is 27.7. The first-order valence-corrected chi connectivity index (χ1v) is 13.1. The maximum atomic E-state index is 13.3. The van der Waals surface area contributed by atoms with Crippen molar-refractivity contribution in [2.24, 2.45) is 0 Å². The number of H-pyrrole nitrogens is 1. The highest BCUT2D eigenvalue weighted by Crippen LogP contribution is 2.36. The Morgan fingerprint density at radius 2 is 1.71 bits per heavy atom. The molecule has 0 atom stereocenters. The van der Waals surface area contributed by atoms with E-state index in [-0.39, 0.29) is 17.3 Å². The van der Waals surface area contributed by atoms with Gasteiger partial charge in [0.2, 0.25) is 5.78 Å². The van der Waals surface area contributed by atoms with Crippen LogP contribution in [0, 0.1) is 6.92 Å². The highest BCUT2D eigenvalue weighted by Gasteiger charge is 2.29. The van der Waals surface area contributed by atoms with Gasteiger partial charge in [-0.15, -0.1) is 0 Å². The molecule has 7 nitrogen and oxygen atoms in total. The number of fused-ring (bicyclic) bond motifs is 3. The summed E-state index contributed by atoms with van der Waals surface area (Å²) >= 11 is 0. The third kappa shape index (κ3) is 4.53. The van der Waals surface area contributed by atoms with Crippen LogP contribution < -0.4 is 14.2 Å². The molecular weight excluding hydrogens is 518 g/mol. The first-order valence-electron chi connectivity index (χ1n) is 13.1. The lowest BCUT2D eigenvalue weighted by molar-refractivity contribution is 0.0734. The predicted octanol–water partition coefficient (Wildman–Crippen LogP) is 7.64.